The minimum Gasteiger partial charge on any atom is -0.465 e. The van der Waals surface area contributed by atoms with E-state index < -0.39 is 0 Å². The Morgan fingerprint density at radius 2 is 2.11 bits per heavy atom. The lowest BCUT2D eigenvalue weighted by atomic mass is 10.3. The zero-order valence-electron chi connectivity index (χ0n) is 11.3. The second-order valence-electron chi connectivity index (χ2n) is 4.46. The lowest BCUT2D eigenvalue weighted by Crippen LogP contribution is -2.15. The number of hydrogen-bond donors (Lipinski definition) is 1. The van der Waals surface area contributed by atoms with Crippen LogP contribution in [-0.2, 0) is 13.1 Å². The van der Waals surface area contributed by atoms with E-state index in [2.05, 4.69) is 29.9 Å². The maximum Gasteiger partial charge on any atom is 0.118 e. The van der Waals surface area contributed by atoms with Crippen molar-refractivity contribution in [3.63, 3.8) is 0 Å². The van der Waals surface area contributed by atoms with Crippen molar-refractivity contribution in [2.45, 2.75) is 20.0 Å². The Morgan fingerprint density at radius 1 is 1.26 bits per heavy atom. The SMILES string of the molecule is Cc1ccc(CN(C)Cc2ccc(C#CCN)s2)o1. The van der Waals surface area contributed by atoms with Crippen LogP contribution in [0.1, 0.15) is 21.3 Å². The fraction of sp³-hybridized carbons (Fsp3) is 0.333. The van der Waals surface area contributed by atoms with Gasteiger partial charge in [-0.25, -0.2) is 0 Å². The highest BCUT2D eigenvalue weighted by Crippen LogP contribution is 2.18. The highest BCUT2D eigenvalue weighted by atomic mass is 32.1. The highest BCUT2D eigenvalue weighted by Gasteiger charge is 2.06. The Labute approximate surface area is 118 Å². The van der Waals surface area contributed by atoms with Crippen LogP contribution >= 0.6 is 11.3 Å². The lowest BCUT2D eigenvalue weighted by molar-refractivity contribution is 0.287. The van der Waals surface area contributed by atoms with Gasteiger partial charge in [-0.05, 0) is 38.2 Å². The number of nitrogens with zero attached hydrogens (tertiary/aromatic N) is 1. The summed E-state index contributed by atoms with van der Waals surface area (Å²) in [5, 5.41) is 0. The molecule has 0 unspecified atom stereocenters. The first-order chi connectivity index (χ1) is 9.17. The highest BCUT2D eigenvalue weighted by molar-refractivity contribution is 7.12. The van der Waals surface area contributed by atoms with E-state index in [0.717, 1.165) is 29.5 Å². The molecule has 0 fully saturated rings. The predicted molar refractivity (Wildman–Crippen MR) is 78.9 cm³/mol. The van der Waals surface area contributed by atoms with E-state index in [1.54, 1.807) is 11.3 Å². The van der Waals surface area contributed by atoms with Gasteiger partial charge in [0.25, 0.3) is 0 Å². The van der Waals surface area contributed by atoms with Crippen LogP contribution in [0, 0.1) is 18.8 Å². The van der Waals surface area contributed by atoms with Gasteiger partial charge in [-0.2, -0.15) is 0 Å². The molecule has 3 nitrogen and oxygen atoms in total. The minimum absolute atomic E-state index is 0.408. The monoisotopic (exact) mass is 274 g/mol. The molecule has 2 aromatic rings. The van der Waals surface area contributed by atoms with E-state index in [1.807, 2.05) is 25.1 Å². The normalized spacial score (nSPS) is 10.5. The van der Waals surface area contributed by atoms with Crippen LogP contribution in [-0.4, -0.2) is 18.5 Å². The van der Waals surface area contributed by atoms with Crippen molar-refractivity contribution in [3.8, 4) is 11.8 Å². The maximum atomic E-state index is 5.58. The number of thiophene rings is 1. The van der Waals surface area contributed by atoms with Crippen LogP contribution in [0.4, 0.5) is 0 Å². The largest absolute Gasteiger partial charge is 0.465 e. The second-order valence-corrected chi connectivity index (χ2v) is 5.62. The fourth-order valence-electron chi connectivity index (χ4n) is 1.83. The van der Waals surface area contributed by atoms with Crippen molar-refractivity contribution < 1.29 is 4.42 Å². The van der Waals surface area contributed by atoms with Gasteiger partial charge in [0.1, 0.15) is 11.5 Å². The van der Waals surface area contributed by atoms with Crippen LogP contribution < -0.4 is 5.73 Å². The third-order valence-electron chi connectivity index (χ3n) is 2.62. The average molecular weight is 274 g/mol. The number of nitrogens with two attached hydrogens (primary N) is 1. The van der Waals surface area contributed by atoms with Crippen molar-refractivity contribution in [1.82, 2.24) is 4.90 Å². The van der Waals surface area contributed by atoms with E-state index in [-0.39, 0.29) is 0 Å². The molecule has 0 amide bonds. The van der Waals surface area contributed by atoms with Crippen LogP contribution in [0.25, 0.3) is 0 Å². The molecule has 0 saturated heterocycles. The number of hydrogen-bond acceptors (Lipinski definition) is 4. The number of rotatable bonds is 4. The van der Waals surface area contributed by atoms with Gasteiger partial charge in [0, 0.05) is 11.4 Å². The van der Waals surface area contributed by atoms with E-state index >= 15 is 0 Å². The van der Waals surface area contributed by atoms with Crippen molar-refractivity contribution in [3.05, 3.63) is 45.5 Å². The molecular weight excluding hydrogens is 256 g/mol. The van der Waals surface area contributed by atoms with Crippen LogP contribution in [0.3, 0.4) is 0 Å². The fourth-order valence-corrected chi connectivity index (χ4v) is 2.79. The Bertz CT molecular complexity index is 589. The summed E-state index contributed by atoms with van der Waals surface area (Å²) in [6, 6.07) is 8.19. The molecule has 0 radical (unpaired) electrons. The molecular formula is C15H18N2OS. The molecule has 0 aliphatic carbocycles. The maximum absolute atomic E-state index is 5.58. The molecule has 0 atom stereocenters. The second kappa shape index (κ2) is 6.58. The first kappa shape index (κ1) is 13.9. The van der Waals surface area contributed by atoms with Crippen LogP contribution in [0.15, 0.2) is 28.7 Å². The Morgan fingerprint density at radius 3 is 2.79 bits per heavy atom. The van der Waals surface area contributed by atoms with E-state index in [4.69, 9.17) is 10.2 Å². The Balaban J connectivity index is 1.91. The standard InChI is InChI=1S/C15H18N2OS/c1-12-5-6-13(18-12)10-17(2)11-15-8-7-14(19-15)4-3-9-16/h5-8H,9-11,16H2,1-2H3. The molecule has 0 aliphatic heterocycles. The molecule has 0 bridgehead atoms. The summed E-state index contributed by atoms with van der Waals surface area (Å²) in [5.74, 6) is 7.89. The van der Waals surface area contributed by atoms with Crippen LogP contribution in [0.2, 0.25) is 0 Å². The minimum atomic E-state index is 0.408. The van der Waals surface area contributed by atoms with Gasteiger partial charge in [-0.1, -0.05) is 11.8 Å². The van der Waals surface area contributed by atoms with Gasteiger partial charge in [0.2, 0.25) is 0 Å². The Hall–Kier alpha value is -1.54. The summed E-state index contributed by atoms with van der Waals surface area (Å²) in [6.45, 7) is 4.08. The van der Waals surface area contributed by atoms with E-state index in [0.29, 0.717) is 6.54 Å². The van der Waals surface area contributed by atoms with Crippen molar-refractivity contribution >= 4 is 11.3 Å². The summed E-state index contributed by atoms with van der Waals surface area (Å²) in [7, 11) is 2.09. The van der Waals surface area contributed by atoms with Crippen LogP contribution in [0.5, 0.6) is 0 Å². The molecule has 0 aromatic carbocycles. The quantitative estimate of drug-likeness (QED) is 0.871. The van der Waals surface area contributed by atoms with Gasteiger partial charge < -0.3 is 10.2 Å². The van der Waals surface area contributed by atoms with Crippen molar-refractivity contribution in [1.29, 1.82) is 0 Å². The van der Waals surface area contributed by atoms with Gasteiger partial charge >= 0.3 is 0 Å². The lowest BCUT2D eigenvalue weighted by Gasteiger charge is -2.13. The van der Waals surface area contributed by atoms with Gasteiger partial charge in [0.05, 0.1) is 18.0 Å². The van der Waals surface area contributed by atoms with Crippen molar-refractivity contribution in [2.24, 2.45) is 5.73 Å². The number of furan rings is 1. The summed E-state index contributed by atoms with van der Waals surface area (Å²) in [4.78, 5) is 4.60. The molecule has 2 rings (SSSR count). The first-order valence-corrected chi connectivity index (χ1v) is 7.00. The molecule has 19 heavy (non-hydrogen) atoms. The topological polar surface area (TPSA) is 42.4 Å². The molecule has 0 spiro atoms. The zero-order chi connectivity index (χ0) is 13.7. The van der Waals surface area contributed by atoms with Crippen molar-refractivity contribution in [2.75, 3.05) is 13.6 Å². The Kier molecular flexibility index (Phi) is 4.80. The third kappa shape index (κ3) is 4.25. The molecule has 0 aliphatic rings. The summed E-state index contributed by atoms with van der Waals surface area (Å²) in [5.41, 5.74) is 5.36. The molecule has 2 N–H and O–H groups in total. The summed E-state index contributed by atoms with van der Waals surface area (Å²) < 4.78 is 5.58. The smallest absolute Gasteiger partial charge is 0.118 e. The van der Waals surface area contributed by atoms with Gasteiger partial charge in [0.15, 0.2) is 0 Å². The zero-order valence-corrected chi connectivity index (χ0v) is 12.1. The van der Waals surface area contributed by atoms with E-state index in [1.165, 1.54) is 4.88 Å². The third-order valence-corrected chi connectivity index (χ3v) is 3.61. The molecule has 4 heteroatoms. The van der Waals surface area contributed by atoms with Gasteiger partial charge in [-0.3, -0.25) is 4.90 Å². The number of aryl methyl sites for hydroxylation is 1. The molecule has 0 saturated carbocycles. The summed E-state index contributed by atoms with van der Waals surface area (Å²) in [6.07, 6.45) is 0. The van der Waals surface area contributed by atoms with E-state index in [9.17, 15) is 0 Å². The average Bonchev–Trinajstić information content (AvgIpc) is 2.96. The molecule has 2 aromatic heterocycles. The summed E-state index contributed by atoms with van der Waals surface area (Å²) >= 11 is 1.72. The predicted octanol–water partition coefficient (Wildman–Crippen LogP) is 2.59. The van der Waals surface area contributed by atoms with Gasteiger partial charge in [-0.15, -0.1) is 11.3 Å². The first-order valence-electron chi connectivity index (χ1n) is 6.19. The molecule has 100 valence electrons. The molecule has 2 heterocycles.